The van der Waals surface area contributed by atoms with E-state index >= 15 is 0 Å². The zero-order chi connectivity index (χ0) is 25.1. The number of nitrogens with zero attached hydrogens (tertiary/aromatic N) is 4. The van der Waals surface area contributed by atoms with Crippen molar-refractivity contribution in [2.24, 2.45) is 13.0 Å². The number of para-hydroxylation sites is 1. The molecule has 1 saturated heterocycles. The van der Waals surface area contributed by atoms with Crippen LogP contribution in [0.4, 0.5) is 5.95 Å². The number of benzene rings is 1. The Balaban J connectivity index is 1.16. The first-order chi connectivity index (χ1) is 17.5. The van der Waals surface area contributed by atoms with E-state index in [1.54, 1.807) is 6.20 Å². The summed E-state index contributed by atoms with van der Waals surface area (Å²) in [6.07, 6.45) is 11.8. The first-order valence-electron chi connectivity index (χ1n) is 13.0. The molecule has 2 aliphatic rings. The lowest BCUT2D eigenvalue weighted by atomic mass is 9.90. The van der Waals surface area contributed by atoms with Gasteiger partial charge in [-0.1, -0.05) is 36.4 Å². The number of carbonyl (C=O) groups excluding carboxylic acids is 1. The summed E-state index contributed by atoms with van der Waals surface area (Å²) in [6, 6.07) is 9.15. The number of fused-ring (bicyclic) bond motifs is 1. The number of rotatable bonds is 7. The highest BCUT2D eigenvalue weighted by molar-refractivity contribution is 6.33. The molecule has 1 aliphatic carbocycles. The molecular formula is C28H35ClN6O. The minimum atomic E-state index is 0.0549. The molecule has 2 N–H and O–H groups in total. The van der Waals surface area contributed by atoms with E-state index in [9.17, 15) is 4.79 Å². The lowest BCUT2D eigenvalue weighted by Gasteiger charge is -2.35. The van der Waals surface area contributed by atoms with Crippen molar-refractivity contribution in [3.63, 3.8) is 0 Å². The van der Waals surface area contributed by atoms with Crippen molar-refractivity contribution in [2.75, 3.05) is 25.0 Å². The fraction of sp³-hybridized carbons (Fsp3) is 0.464. The summed E-state index contributed by atoms with van der Waals surface area (Å²) in [5.41, 5.74) is 2.93. The predicted octanol–water partition coefficient (Wildman–Crippen LogP) is 5.03. The molecule has 0 spiro atoms. The van der Waals surface area contributed by atoms with Crippen molar-refractivity contribution < 1.29 is 4.79 Å². The van der Waals surface area contributed by atoms with Gasteiger partial charge < -0.3 is 20.1 Å². The van der Waals surface area contributed by atoms with Gasteiger partial charge in [-0.15, -0.1) is 0 Å². The third-order valence-electron chi connectivity index (χ3n) is 7.66. The molecule has 0 radical (unpaired) electrons. The predicted molar refractivity (Wildman–Crippen MR) is 146 cm³/mol. The fourth-order valence-electron chi connectivity index (χ4n) is 5.67. The van der Waals surface area contributed by atoms with Gasteiger partial charge in [0.25, 0.3) is 0 Å². The van der Waals surface area contributed by atoms with E-state index in [0.29, 0.717) is 29.0 Å². The Kier molecular flexibility index (Phi) is 7.58. The number of nitrogens with one attached hydrogen (secondary N) is 2. The molecular weight excluding hydrogens is 472 g/mol. The number of aromatic nitrogens is 3. The Morgan fingerprint density at radius 3 is 2.78 bits per heavy atom. The third kappa shape index (κ3) is 5.42. The van der Waals surface area contributed by atoms with E-state index < -0.39 is 0 Å². The normalized spacial score (nSPS) is 22.5. The topological polar surface area (TPSA) is 75.1 Å². The zero-order valence-corrected chi connectivity index (χ0v) is 21.7. The summed E-state index contributed by atoms with van der Waals surface area (Å²) in [7, 11) is 2.04. The molecule has 1 saturated carbocycles. The number of aryl methyl sites for hydroxylation is 1. The Morgan fingerprint density at radius 2 is 1.97 bits per heavy atom. The number of hydrogen-bond acceptors (Lipinski definition) is 5. The maximum Gasteiger partial charge on any atom is 0.245 e. The number of amides is 1. The van der Waals surface area contributed by atoms with Crippen LogP contribution >= 0.6 is 11.6 Å². The standard InChI is InChI=1S/C28H35ClN6O/c1-3-26(36)35-14-6-7-19(17-35)15-30-20-10-12-21(13-11-20)32-28-31-16-24(29)27(33-28)23-18-34(2)25-9-5-4-8-22(23)25/h3-5,8-9,16,18-21,30H,1,6-7,10-15,17H2,2H3,(H,31,32,33)/t19?,20-,21+. The van der Waals surface area contributed by atoms with Crippen LogP contribution in [-0.2, 0) is 11.8 Å². The number of carbonyl (C=O) groups is 1. The van der Waals surface area contributed by atoms with E-state index in [4.69, 9.17) is 16.6 Å². The summed E-state index contributed by atoms with van der Waals surface area (Å²) in [5.74, 6) is 1.21. The molecule has 1 aliphatic heterocycles. The van der Waals surface area contributed by atoms with Crippen LogP contribution in [0.2, 0.25) is 5.02 Å². The van der Waals surface area contributed by atoms with Crippen LogP contribution in [0.3, 0.4) is 0 Å². The Bertz CT molecular complexity index is 1230. The average Bonchev–Trinajstić information content (AvgIpc) is 3.25. The molecule has 2 aromatic heterocycles. The molecule has 190 valence electrons. The van der Waals surface area contributed by atoms with Gasteiger partial charge in [0.05, 0.1) is 16.9 Å². The van der Waals surface area contributed by atoms with Crippen molar-refractivity contribution >= 4 is 34.4 Å². The monoisotopic (exact) mass is 506 g/mol. The van der Waals surface area contributed by atoms with Gasteiger partial charge in [-0.25, -0.2) is 9.97 Å². The van der Waals surface area contributed by atoms with Gasteiger partial charge >= 0.3 is 0 Å². The maximum absolute atomic E-state index is 11.9. The van der Waals surface area contributed by atoms with Crippen LogP contribution < -0.4 is 10.6 Å². The Labute approximate surface area is 217 Å². The summed E-state index contributed by atoms with van der Waals surface area (Å²) in [5, 5.41) is 9.01. The summed E-state index contributed by atoms with van der Waals surface area (Å²) in [4.78, 5) is 23.2. The molecule has 36 heavy (non-hydrogen) atoms. The minimum absolute atomic E-state index is 0.0549. The Hall–Kier alpha value is -2.90. The molecule has 7 nitrogen and oxygen atoms in total. The molecule has 3 aromatic rings. The second kappa shape index (κ2) is 11.0. The van der Waals surface area contributed by atoms with Gasteiger partial charge in [0.1, 0.15) is 0 Å². The molecule has 2 fully saturated rings. The van der Waals surface area contributed by atoms with E-state index in [1.165, 1.54) is 12.5 Å². The highest BCUT2D eigenvalue weighted by atomic mass is 35.5. The molecule has 1 aromatic carbocycles. The van der Waals surface area contributed by atoms with Crippen LogP contribution in [0.1, 0.15) is 38.5 Å². The molecule has 3 heterocycles. The minimum Gasteiger partial charge on any atom is -0.351 e. The van der Waals surface area contributed by atoms with Gasteiger partial charge in [0.2, 0.25) is 11.9 Å². The molecule has 1 atom stereocenters. The summed E-state index contributed by atoms with van der Waals surface area (Å²) >= 11 is 6.54. The first kappa shape index (κ1) is 24.8. The number of hydrogen-bond donors (Lipinski definition) is 2. The van der Waals surface area contributed by atoms with E-state index in [-0.39, 0.29) is 5.91 Å². The first-order valence-corrected chi connectivity index (χ1v) is 13.4. The van der Waals surface area contributed by atoms with Crippen molar-refractivity contribution in [1.29, 1.82) is 0 Å². The van der Waals surface area contributed by atoms with Crippen molar-refractivity contribution in [3.8, 4) is 11.3 Å². The SMILES string of the molecule is C=CC(=O)N1CCCC(CN[C@H]2CC[C@@H](Nc3ncc(Cl)c(-c4cn(C)c5ccccc45)n3)CC2)C1. The van der Waals surface area contributed by atoms with Crippen molar-refractivity contribution in [1.82, 2.24) is 24.8 Å². The molecule has 1 amide bonds. The van der Waals surface area contributed by atoms with Crippen LogP contribution in [0, 0.1) is 5.92 Å². The highest BCUT2D eigenvalue weighted by Gasteiger charge is 2.25. The average molecular weight is 507 g/mol. The second-order valence-corrected chi connectivity index (χ2v) is 10.6. The quantitative estimate of drug-likeness (QED) is 0.440. The molecule has 1 unspecified atom stereocenters. The lowest BCUT2D eigenvalue weighted by molar-refractivity contribution is -0.127. The van der Waals surface area contributed by atoms with Crippen LogP contribution in [0.15, 0.2) is 49.3 Å². The van der Waals surface area contributed by atoms with Gasteiger partial charge in [-0.3, -0.25) is 4.79 Å². The number of halogens is 1. The van der Waals surface area contributed by atoms with Gasteiger partial charge in [-0.05, 0) is 63.1 Å². The number of anilines is 1. The number of likely N-dealkylation sites (tertiary alicyclic amines) is 1. The smallest absolute Gasteiger partial charge is 0.245 e. The highest BCUT2D eigenvalue weighted by Crippen LogP contribution is 2.34. The van der Waals surface area contributed by atoms with Crippen molar-refractivity contribution in [3.05, 3.63) is 54.3 Å². The zero-order valence-electron chi connectivity index (χ0n) is 20.9. The van der Waals surface area contributed by atoms with Gasteiger partial charge in [-0.2, -0.15) is 0 Å². The van der Waals surface area contributed by atoms with E-state index in [2.05, 4.69) is 45.1 Å². The van der Waals surface area contributed by atoms with Gasteiger partial charge in [0, 0.05) is 54.9 Å². The number of piperidine rings is 1. The largest absolute Gasteiger partial charge is 0.351 e. The van der Waals surface area contributed by atoms with Crippen LogP contribution in [0.25, 0.3) is 22.2 Å². The Morgan fingerprint density at radius 1 is 1.19 bits per heavy atom. The lowest BCUT2D eigenvalue weighted by Crippen LogP contribution is -2.45. The van der Waals surface area contributed by atoms with Crippen molar-refractivity contribution in [2.45, 2.75) is 50.6 Å². The van der Waals surface area contributed by atoms with E-state index in [0.717, 1.165) is 73.9 Å². The summed E-state index contributed by atoms with van der Waals surface area (Å²) in [6.45, 7) is 6.29. The third-order valence-corrected chi connectivity index (χ3v) is 7.93. The second-order valence-electron chi connectivity index (χ2n) is 10.2. The van der Waals surface area contributed by atoms with E-state index in [1.807, 2.05) is 24.1 Å². The summed E-state index contributed by atoms with van der Waals surface area (Å²) < 4.78 is 2.10. The van der Waals surface area contributed by atoms with Gasteiger partial charge in [0.15, 0.2) is 0 Å². The van der Waals surface area contributed by atoms with Crippen LogP contribution in [-0.4, -0.2) is 57.1 Å². The maximum atomic E-state index is 11.9. The molecule has 0 bridgehead atoms. The fourth-order valence-corrected chi connectivity index (χ4v) is 5.87. The molecule has 5 rings (SSSR count). The molecule has 8 heteroatoms. The van der Waals surface area contributed by atoms with Crippen LogP contribution in [0.5, 0.6) is 0 Å².